The smallest absolute Gasteiger partial charge is 0.273 e. The van der Waals surface area contributed by atoms with Gasteiger partial charge >= 0.3 is 0 Å². The van der Waals surface area contributed by atoms with Crippen LogP contribution in [0.15, 0.2) is 29.8 Å². The molecule has 1 fully saturated rings. The molecule has 0 bridgehead atoms. The maximum Gasteiger partial charge on any atom is 0.281 e. The van der Waals surface area contributed by atoms with E-state index in [0.29, 0.717) is 15.6 Å². The van der Waals surface area contributed by atoms with E-state index >= 15 is 0 Å². The number of rotatable bonds is 3. The molecule has 5 nitrogen and oxygen atoms in total. The Morgan fingerprint density at radius 2 is 2.09 bits per heavy atom. The molecule has 0 spiro atoms. The minimum absolute atomic E-state index is 0.121. The zero-order chi connectivity index (χ0) is 15.7. The first-order valence-corrected chi connectivity index (χ1v) is 8.08. The largest absolute Gasteiger partial charge is 0.281 e. The lowest BCUT2D eigenvalue weighted by Gasteiger charge is -2.07. The second-order valence-corrected chi connectivity index (χ2v) is 6.44. The number of benzene rings is 1. The second kappa shape index (κ2) is 6.06. The summed E-state index contributed by atoms with van der Waals surface area (Å²) in [6.45, 7) is 1.75. The molecule has 0 radical (unpaired) electrons. The molecule has 114 valence electrons. The summed E-state index contributed by atoms with van der Waals surface area (Å²) in [5, 5.41) is 0.673. The normalized spacial score (nSPS) is 19.5. The average molecular weight is 336 g/mol. The third kappa shape index (κ3) is 2.98. The minimum atomic E-state index is -0.344. The minimum Gasteiger partial charge on any atom is -0.273 e. The quantitative estimate of drug-likeness (QED) is 0.847. The Morgan fingerprint density at radius 1 is 1.32 bits per heavy atom. The Bertz CT molecular complexity index is 731. The predicted molar refractivity (Wildman–Crippen MR) is 84.8 cm³/mol. The van der Waals surface area contributed by atoms with E-state index in [2.05, 4.69) is 15.8 Å². The van der Waals surface area contributed by atoms with Crippen LogP contribution in [-0.4, -0.2) is 16.8 Å². The molecule has 7 heteroatoms. The molecule has 2 atom stereocenters. The maximum atomic E-state index is 12.1. The van der Waals surface area contributed by atoms with Crippen molar-refractivity contribution in [2.24, 2.45) is 5.92 Å². The number of carbonyl (C=O) groups is 2. The van der Waals surface area contributed by atoms with Gasteiger partial charge in [0.25, 0.3) is 5.91 Å². The highest BCUT2D eigenvalue weighted by atomic mass is 35.5. The average Bonchev–Trinajstić information content (AvgIpc) is 3.19. The van der Waals surface area contributed by atoms with E-state index in [4.69, 9.17) is 11.6 Å². The van der Waals surface area contributed by atoms with Crippen molar-refractivity contribution in [3.05, 3.63) is 50.9 Å². The molecule has 2 aromatic rings. The summed E-state index contributed by atoms with van der Waals surface area (Å²) in [6, 6.07) is 7.52. The standard InChI is InChI=1S/C15H14ClN3O2S/c1-8-13(22-7-17-8)15(21)19-18-14(20)11-6-10(11)9-4-2-3-5-12(9)16/h2-5,7,10-11H,6H2,1H3,(H,18,20)(H,19,21)/t10-,11+/m0/s1. The highest BCUT2D eigenvalue weighted by Gasteiger charge is 2.44. The molecule has 1 aliphatic rings. The zero-order valence-electron chi connectivity index (χ0n) is 11.8. The van der Waals surface area contributed by atoms with Gasteiger partial charge in [0, 0.05) is 10.9 Å². The summed E-state index contributed by atoms with van der Waals surface area (Å²) in [7, 11) is 0. The number of hydrogen-bond acceptors (Lipinski definition) is 4. The highest BCUT2D eigenvalue weighted by Crippen LogP contribution is 2.49. The summed E-state index contributed by atoms with van der Waals surface area (Å²) in [6.07, 6.45) is 0.741. The number of hydrazine groups is 1. The SMILES string of the molecule is Cc1ncsc1C(=O)NNC(=O)[C@@H]1C[C@H]1c1ccccc1Cl. The van der Waals surface area contributed by atoms with Crippen molar-refractivity contribution in [1.82, 2.24) is 15.8 Å². The third-order valence-corrected chi connectivity index (χ3v) is 4.95. The topological polar surface area (TPSA) is 71.1 Å². The van der Waals surface area contributed by atoms with Crippen LogP contribution in [0.4, 0.5) is 0 Å². The van der Waals surface area contributed by atoms with Gasteiger partial charge in [-0.25, -0.2) is 4.98 Å². The van der Waals surface area contributed by atoms with Gasteiger partial charge in [0.1, 0.15) is 4.88 Å². The number of thiazole rings is 1. The molecule has 1 saturated carbocycles. The molecule has 3 rings (SSSR count). The highest BCUT2D eigenvalue weighted by molar-refractivity contribution is 7.11. The van der Waals surface area contributed by atoms with Gasteiger partial charge in [0.05, 0.1) is 11.2 Å². The molecule has 22 heavy (non-hydrogen) atoms. The summed E-state index contributed by atoms with van der Waals surface area (Å²) >= 11 is 7.38. The molecule has 1 heterocycles. The van der Waals surface area contributed by atoms with Gasteiger partial charge in [0.2, 0.25) is 5.91 Å². The lowest BCUT2D eigenvalue weighted by molar-refractivity contribution is -0.123. The Hall–Kier alpha value is -1.92. The van der Waals surface area contributed by atoms with Crippen molar-refractivity contribution in [2.45, 2.75) is 19.3 Å². The molecule has 0 unspecified atom stereocenters. The van der Waals surface area contributed by atoms with Crippen molar-refractivity contribution in [3.63, 3.8) is 0 Å². The number of aromatic nitrogens is 1. The fourth-order valence-electron chi connectivity index (χ4n) is 2.39. The molecule has 0 saturated heterocycles. The summed E-state index contributed by atoms with van der Waals surface area (Å²) < 4.78 is 0. The van der Waals surface area contributed by atoms with Crippen molar-refractivity contribution in [3.8, 4) is 0 Å². The number of nitrogens with one attached hydrogen (secondary N) is 2. The molecule has 2 N–H and O–H groups in total. The van der Waals surface area contributed by atoms with E-state index in [9.17, 15) is 9.59 Å². The summed E-state index contributed by atoms with van der Waals surface area (Å²) in [5.41, 5.74) is 8.14. The van der Waals surface area contributed by atoms with Gasteiger partial charge in [-0.15, -0.1) is 11.3 Å². The number of nitrogens with zero attached hydrogens (tertiary/aromatic N) is 1. The van der Waals surface area contributed by atoms with Gasteiger partial charge in [-0.2, -0.15) is 0 Å². The fraction of sp³-hybridized carbons (Fsp3) is 0.267. The Balaban J connectivity index is 1.55. The molecule has 0 aliphatic heterocycles. The Kier molecular flexibility index (Phi) is 4.13. The van der Waals surface area contributed by atoms with Gasteiger partial charge in [-0.3, -0.25) is 20.4 Å². The van der Waals surface area contributed by atoms with E-state index in [1.807, 2.05) is 24.3 Å². The van der Waals surface area contributed by atoms with Crippen LogP contribution in [0.25, 0.3) is 0 Å². The van der Waals surface area contributed by atoms with Crippen LogP contribution in [0.3, 0.4) is 0 Å². The van der Waals surface area contributed by atoms with Gasteiger partial charge in [0.15, 0.2) is 0 Å². The third-order valence-electron chi connectivity index (χ3n) is 3.68. The summed E-state index contributed by atoms with van der Waals surface area (Å²) in [4.78, 5) is 28.5. The monoisotopic (exact) mass is 335 g/mol. The number of halogens is 1. The van der Waals surface area contributed by atoms with E-state index in [-0.39, 0.29) is 23.7 Å². The van der Waals surface area contributed by atoms with E-state index < -0.39 is 0 Å². The van der Waals surface area contributed by atoms with Crippen LogP contribution >= 0.6 is 22.9 Å². The Morgan fingerprint density at radius 3 is 2.77 bits per heavy atom. The lowest BCUT2D eigenvalue weighted by Crippen LogP contribution is -2.42. The van der Waals surface area contributed by atoms with Crippen LogP contribution < -0.4 is 10.9 Å². The lowest BCUT2D eigenvalue weighted by atomic mass is 10.1. The van der Waals surface area contributed by atoms with Crippen LogP contribution in [0.5, 0.6) is 0 Å². The predicted octanol–water partition coefficient (Wildman–Crippen LogP) is 2.67. The number of carbonyl (C=O) groups excluding carboxylic acids is 2. The van der Waals surface area contributed by atoms with Crippen molar-refractivity contribution < 1.29 is 9.59 Å². The molecule has 1 aromatic heterocycles. The number of hydrogen-bond donors (Lipinski definition) is 2. The molecule has 1 aromatic carbocycles. The van der Waals surface area contributed by atoms with Crippen LogP contribution in [-0.2, 0) is 4.79 Å². The number of aryl methyl sites for hydroxylation is 1. The number of amides is 2. The fourth-order valence-corrected chi connectivity index (χ4v) is 3.37. The van der Waals surface area contributed by atoms with Gasteiger partial charge in [-0.1, -0.05) is 29.8 Å². The van der Waals surface area contributed by atoms with Crippen LogP contribution in [0.1, 0.15) is 33.3 Å². The zero-order valence-corrected chi connectivity index (χ0v) is 13.4. The Labute approximate surface area is 136 Å². The van der Waals surface area contributed by atoms with E-state index in [1.165, 1.54) is 11.3 Å². The van der Waals surface area contributed by atoms with Crippen molar-refractivity contribution in [1.29, 1.82) is 0 Å². The maximum absolute atomic E-state index is 12.1. The van der Waals surface area contributed by atoms with Gasteiger partial charge in [-0.05, 0) is 30.9 Å². The van der Waals surface area contributed by atoms with Crippen molar-refractivity contribution >= 4 is 34.8 Å². The first-order chi connectivity index (χ1) is 10.6. The second-order valence-electron chi connectivity index (χ2n) is 5.18. The molecule has 1 aliphatic carbocycles. The van der Waals surface area contributed by atoms with Crippen molar-refractivity contribution in [2.75, 3.05) is 0 Å². The molecule has 2 amide bonds. The van der Waals surface area contributed by atoms with E-state index in [0.717, 1.165) is 12.0 Å². The summed E-state index contributed by atoms with van der Waals surface area (Å²) in [5.74, 6) is -0.567. The van der Waals surface area contributed by atoms with E-state index in [1.54, 1.807) is 12.4 Å². The first kappa shape index (κ1) is 15.0. The van der Waals surface area contributed by atoms with Gasteiger partial charge < -0.3 is 0 Å². The molecular weight excluding hydrogens is 322 g/mol. The first-order valence-electron chi connectivity index (χ1n) is 6.82. The van der Waals surface area contributed by atoms with Crippen LogP contribution in [0.2, 0.25) is 5.02 Å². The van der Waals surface area contributed by atoms with Crippen LogP contribution in [0, 0.1) is 12.8 Å². The molecular formula is C15H14ClN3O2S.